The molecule has 0 bridgehead atoms. The van der Waals surface area contributed by atoms with Crippen molar-refractivity contribution in [3.05, 3.63) is 95.9 Å². The van der Waals surface area contributed by atoms with Gasteiger partial charge in [0, 0.05) is 31.0 Å². The van der Waals surface area contributed by atoms with E-state index in [9.17, 15) is 9.59 Å². The zero-order valence-corrected chi connectivity index (χ0v) is 18.2. The minimum atomic E-state index is -0.344. The van der Waals surface area contributed by atoms with Crippen LogP contribution in [0.3, 0.4) is 0 Å². The number of carbonyl (C=O) groups excluding carboxylic acids is 2. The molecule has 0 N–H and O–H groups in total. The van der Waals surface area contributed by atoms with E-state index in [1.807, 2.05) is 60.4 Å². The highest BCUT2D eigenvalue weighted by Gasteiger charge is 2.42. The fourth-order valence-corrected chi connectivity index (χ4v) is 3.96. The van der Waals surface area contributed by atoms with Gasteiger partial charge in [0.2, 0.25) is 0 Å². The number of methoxy groups -OCH3 is 1. The number of benzene rings is 2. The van der Waals surface area contributed by atoms with Crippen LogP contribution in [0.5, 0.6) is 5.75 Å². The average molecular weight is 428 g/mol. The summed E-state index contributed by atoms with van der Waals surface area (Å²) in [6.07, 6.45) is 4.24. The van der Waals surface area contributed by atoms with Crippen LogP contribution < -0.4 is 9.64 Å². The number of hydrogen-bond donors (Lipinski definition) is 0. The molecule has 0 aliphatic carbocycles. The average Bonchev–Trinajstić information content (AvgIpc) is 3.10. The molecule has 2 heterocycles. The van der Waals surface area contributed by atoms with Gasteiger partial charge in [0.05, 0.1) is 18.4 Å². The molecule has 3 aromatic rings. The second kappa shape index (κ2) is 9.47. The predicted molar refractivity (Wildman–Crippen MR) is 124 cm³/mol. The van der Waals surface area contributed by atoms with Crippen molar-refractivity contribution in [2.75, 3.05) is 25.1 Å². The summed E-state index contributed by atoms with van der Waals surface area (Å²) in [5.41, 5.74) is 3.06. The van der Waals surface area contributed by atoms with Crippen molar-refractivity contribution < 1.29 is 14.3 Å². The van der Waals surface area contributed by atoms with E-state index in [-0.39, 0.29) is 11.8 Å². The van der Waals surface area contributed by atoms with E-state index < -0.39 is 0 Å². The second-order valence-corrected chi connectivity index (χ2v) is 7.39. The number of anilines is 1. The molecule has 0 saturated carbocycles. The Bertz CT molecular complexity index is 1140. The molecule has 2 amide bonds. The summed E-state index contributed by atoms with van der Waals surface area (Å²) < 4.78 is 5.53. The van der Waals surface area contributed by atoms with E-state index in [1.165, 1.54) is 4.90 Å². The first kappa shape index (κ1) is 21.3. The Hall–Kier alpha value is -3.93. The Morgan fingerprint density at radius 1 is 0.906 bits per heavy atom. The van der Waals surface area contributed by atoms with Crippen molar-refractivity contribution >= 4 is 23.1 Å². The minimum absolute atomic E-state index is 0.321. The summed E-state index contributed by atoms with van der Waals surface area (Å²) in [6.45, 7) is 3.17. The number of hydrogen-bond acceptors (Lipinski definition) is 5. The van der Waals surface area contributed by atoms with E-state index >= 15 is 0 Å². The maximum atomic E-state index is 13.7. The Morgan fingerprint density at radius 2 is 1.59 bits per heavy atom. The molecular formula is C26H25N3O3. The van der Waals surface area contributed by atoms with E-state index in [0.29, 0.717) is 41.4 Å². The van der Waals surface area contributed by atoms with Crippen molar-refractivity contribution in [3.63, 3.8) is 0 Å². The van der Waals surface area contributed by atoms with Crippen LogP contribution in [0, 0.1) is 0 Å². The van der Waals surface area contributed by atoms with Gasteiger partial charge in [-0.15, -0.1) is 0 Å². The minimum Gasteiger partial charge on any atom is -0.496 e. The summed E-state index contributed by atoms with van der Waals surface area (Å²) in [4.78, 5) is 34.6. The van der Waals surface area contributed by atoms with Crippen LogP contribution in [0.1, 0.15) is 18.1 Å². The van der Waals surface area contributed by atoms with E-state index in [1.54, 1.807) is 37.7 Å². The first-order valence-electron chi connectivity index (χ1n) is 10.6. The Balaban J connectivity index is 1.79. The van der Waals surface area contributed by atoms with Gasteiger partial charge in [-0.25, -0.2) is 4.90 Å². The molecule has 1 aromatic heterocycles. The molecule has 0 saturated heterocycles. The van der Waals surface area contributed by atoms with E-state index in [0.717, 1.165) is 12.0 Å². The number of rotatable bonds is 8. The monoisotopic (exact) mass is 427 g/mol. The molecule has 1 aliphatic heterocycles. The van der Waals surface area contributed by atoms with Gasteiger partial charge >= 0.3 is 0 Å². The summed E-state index contributed by atoms with van der Waals surface area (Å²) >= 11 is 0. The smallest absolute Gasteiger partial charge is 0.282 e. The standard InChI is InChI=1S/C26H25N3O3/c1-3-28(18-15-19-13-16-27-17-14-19)24-23(21-11-7-8-12-22(21)32-2)25(30)29(26(24)31)20-9-5-4-6-10-20/h4-14,16-17H,3,15,18H2,1-2H3. The molecule has 6 nitrogen and oxygen atoms in total. The zero-order valence-electron chi connectivity index (χ0n) is 18.2. The molecule has 162 valence electrons. The molecule has 4 rings (SSSR count). The lowest BCUT2D eigenvalue weighted by atomic mass is 10.0. The third kappa shape index (κ3) is 3.99. The van der Waals surface area contributed by atoms with Crippen LogP contribution in [0.4, 0.5) is 5.69 Å². The molecule has 2 aromatic carbocycles. The molecule has 0 unspecified atom stereocenters. The highest BCUT2D eigenvalue weighted by atomic mass is 16.5. The number of imide groups is 1. The van der Waals surface area contributed by atoms with Crippen molar-refractivity contribution in [2.45, 2.75) is 13.3 Å². The lowest BCUT2D eigenvalue weighted by Gasteiger charge is -2.25. The number of para-hydroxylation sites is 2. The van der Waals surface area contributed by atoms with Crippen molar-refractivity contribution in [2.24, 2.45) is 0 Å². The van der Waals surface area contributed by atoms with Gasteiger partial charge in [0.15, 0.2) is 0 Å². The lowest BCUT2D eigenvalue weighted by molar-refractivity contribution is -0.120. The van der Waals surface area contributed by atoms with Crippen LogP contribution in [-0.4, -0.2) is 41.9 Å². The zero-order chi connectivity index (χ0) is 22.5. The maximum Gasteiger partial charge on any atom is 0.282 e. The fourth-order valence-electron chi connectivity index (χ4n) is 3.96. The summed E-state index contributed by atoms with van der Waals surface area (Å²) in [7, 11) is 1.57. The van der Waals surface area contributed by atoms with Crippen LogP contribution in [0.2, 0.25) is 0 Å². The van der Waals surface area contributed by atoms with Gasteiger partial charge in [-0.1, -0.05) is 36.4 Å². The van der Waals surface area contributed by atoms with Gasteiger partial charge in [-0.3, -0.25) is 14.6 Å². The molecule has 6 heteroatoms. The Morgan fingerprint density at radius 3 is 2.28 bits per heavy atom. The Kier molecular flexibility index (Phi) is 6.31. The SMILES string of the molecule is CCN(CCc1ccncc1)C1=C(c2ccccc2OC)C(=O)N(c2ccccc2)C1=O. The molecule has 0 radical (unpaired) electrons. The van der Waals surface area contributed by atoms with Gasteiger partial charge in [-0.2, -0.15) is 0 Å². The topological polar surface area (TPSA) is 62.7 Å². The predicted octanol–water partition coefficient (Wildman–Crippen LogP) is 3.94. The lowest BCUT2D eigenvalue weighted by Crippen LogP contribution is -2.36. The third-order valence-corrected chi connectivity index (χ3v) is 5.57. The molecule has 0 atom stereocenters. The van der Waals surface area contributed by atoms with E-state index in [4.69, 9.17) is 4.74 Å². The summed E-state index contributed by atoms with van der Waals surface area (Å²) in [5.74, 6) is -0.108. The van der Waals surface area contributed by atoms with Crippen LogP contribution in [0.25, 0.3) is 5.57 Å². The van der Waals surface area contributed by atoms with Crippen molar-refractivity contribution in [3.8, 4) is 5.75 Å². The second-order valence-electron chi connectivity index (χ2n) is 7.39. The number of aromatic nitrogens is 1. The number of ether oxygens (including phenoxy) is 1. The highest BCUT2D eigenvalue weighted by molar-refractivity contribution is 6.45. The van der Waals surface area contributed by atoms with Gasteiger partial charge in [0.25, 0.3) is 11.8 Å². The first-order chi connectivity index (χ1) is 15.7. The van der Waals surface area contributed by atoms with Gasteiger partial charge in [0.1, 0.15) is 11.4 Å². The highest BCUT2D eigenvalue weighted by Crippen LogP contribution is 2.38. The van der Waals surface area contributed by atoms with Crippen molar-refractivity contribution in [1.29, 1.82) is 0 Å². The molecule has 1 aliphatic rings. The van der Waals surface area contributed by atoms with Crippen molar-refractivity contribution in [1.82, 2.24) is 9.88 Å². The number of carbonyl (C=O) groups is 2. The third-order valence-electron chi connectivity index (χ3n) is 5.57. The molecular weight excluding hydrogens is 402 g/mol. The normalized spacial score (nSPS) is 13.6. The number of nitrogens with zero attached hydrogens (tertiary/aromatic N) is 3. The Labute approximate surface area is 187 Å². The summed E-state index contributed by atoms with van der Waals surface area (Å²) in [5, 5.41) is 0. The molecule has 32 heavy (non-hydrogen) atoms. The van der Waals surface area contributed by atoms with Crippen LogP contribution >= 0.6 is 0 Å². The van der Waals surface area contributed by atoms with Gasteiger partial charge in [-0.05, 0) is 49.2 Å². The summed E-state index contributed by atoms with van der Waals surface area (Å²) in [6, 6.07) is 20.3. The number of amides is 2. The maximum absolute atomic E-state index is 13.7. The largest absolute Gasteiger partial charge is 0.496 e. The quantitative estimate of drug-likeness (QED) is 0.510. The van der Waals surface area contributed by atoms with Gasteiger partial charge < -0.3 is 9.64 Å². The number of likely N-dealkylation sites (N-methyl/N-ethyl adjacent to an activating group) is 1. The first-order valence-corrected chi connectivity index (χ1v) is 10.6. The van der Waals surface area contributed by atoms with Crippen LogP contribution in [0.15, 0.2) is 84.8 Å². The van der Waals surface area contributed by atoms with E-state index in [2.05, 4.69) is 4.98 Å². The molecule has 0 spiro atoms. The number of pyridine rings is 1. The van der Waals surface area contributed by atoms with Crippen LogP contribution in [-0.2, 0) is 16.0 Å². The fraction of sp³-hybridized carbons (Fsp3) is 0.192. The molecule has 0 fully saturated rings.